The van der Waals surface area contributed by atoms with E-state index in [1.807, 2.05) is 24.3 Å². The van der Waals surface area contributed by atoms with E-state index in [9.17, 15) is 5.11 Å². The molecule has 3 nitrogen and oxygen atoms in total. The van der Waals surface area contributed by atoms with Gasteiger partial charge in [-0.2, -0.15) is 0 Å². The Balaban J connectivity index is 1.75. The first-order valence-corrected chi connectivity index (χ1v) is 7.57. The lowest BCUT2D eigenvalue weighted by atomic mass is 9.92. The highest BCUT2D eigenvalue weighted by Gasteiger charge is 2.22. The van der Waals surface area contributed by atoms with Crippen LogP contribution in [0.25, 0.3) is 10.9 Å². The van der Waals surface area contributed by atoms with Crippen molar-refractivity contribution in [2.24, 2.45) is 0 Å². The molecule has 0 radical (unpaired) electrons. The molecule has 2 N–H and O–H groups in total. The molecule has 2 aromatic rings. The number of para-hydroxylation sites is 1. The van der Waals surface area contributed by atoms with Crippen LogP contribution >= 0.6 is 11.6 Å². The minimum absolute atomic E-state index is 0.172. The van der Waals surface area contributed by atoms with E-state index < -0.39 is 0 Å². The van der Waals surface area contributed by atoms with Crippen LogP contribution in [0.5, 0.6) is 0 Å². The fourth-order valence-corrected chi connectivity index (χ4v) is 3.06. The number of fused-ring (bicyclic) bond motifs is 1. The molecule has 1 aliphatic carbocycles. The van der Waals surface area contributed by atoms with E-state index in [4.69, 9.17) is 11.6 Å². The smallest absolute Gasteiger partial charge is 0.134 e. The predicted octanol–water partition coefficient (Wildman–Crippen LogP) is 3.28. The van der Waals surface area contributed by atoms with Gasteiger partial charge in [-0.1, -0.05) is 42.6 Å². The summed E-state index contributed by atoms with van der Waals surface area (Å²) in [6.07, 6.45) is 3.98. The molecular weight excluding hydrogens is 272 g/mol. The number of hydrogen-bond donors (Lipinski definition) is 2. The Labute approximate surface area is 124 Å². The van der Waals surface area contributed by atoms with Gasteiger partial charge in [-0.25, -0.2) is 4.98 Å². The molecule has 1 heterocycles. The molecular formula is C16H19ClN2O. The fourth-order valence-electron chi connectivity index (χ4n) is 2.85. The molecule has 4 heteroatoms. The second kappa shape index (κ2) is 6.08. The molecule has 106 valence electrons. The molecule has 20 heavy (non-hydrogen) atoms. The van der Waals surface area contributed by atoms with Crippen LogP contribution < -0.4 is 5.32 Å². The summed E-state index contributed by atoms with van der Waals surface area (Å²) in [5, 5.41) is 15.0. The number of pyridine rings is 1. The van der Waals surface area contributed by atoms with Crippen LogP contribution in [0, 0.1) is 0 Å². The lowest BCUT2D eigenvalue weighted by Gasteiger charge is -2.28. The average Bonchev–Trinajstić information content (AvgIpc) is 2.46. The highest BCUT2D eigenvalue weighted by Crippen LogP contribution is 2.22. The third kappa shape index (κ3) is 2.95. The molecule has 0 bridgehead atoms. The van der Waals surface area contributed by atoms with Crippen molar-refractivity contribution >= 4 is 22.5 Å². The molecule has 0 aliphatic heterocycles. The first kappa shape index (κ1) is 13.8. The van der Waals surface area contributed by atoms with Crippen molar-refractivity contribution in [1.82, 2.24) is 10.3 Å². The number of aromatic nitrogens is 1. The molecule has 1 aromatic heterocycles. The van der Waals surface area contributed by atoms with Gasteiger partial charge in [-0.05, 0) is 25.0 Å². The third-order valence-electron chi connectivity index (χ3n) is 4.03. The zero-order valence-corrected chi connectivity index (χ0v) is 12.1. The SMILES string of the molecule is O[C@H]1CCCC[C@H]1NCc1cc2ccccc2nc1Cl. The molecule has 1 fully saturated rings. The second-order valence-electron chi connectivity index (χ2n) is 5.47. The summed E-state index contributed by atoms with van der Waals surface area (Å²) >= 11 is 6.24. The number of aliphatic hydroxyl groups is 1. The summed E-state index contributed by atoms with van der Waals surface area (Å²) in [6.45, 7) is 0.651. The molecule has 3 rings (SSSR count). The van der Waals surface area contributed by atoms with Crippen LogP contribution in [0.2, 0.25) is 5.15 Å². The lowest BCUT2D eigenvalue weighted by Crippen LogP contribution is -2.41. The second-order valence-corrected chi connectivity index (χ2v) is 5.83. The van der Waals surface area contributed by atoms with Crippen molar-refractivity contribution in [1.29, 1.82) is 0 Å². The van der Waals surface area contributed by atoms with Gasteiger partial charge in [-0.3, -0.25) is 0 Å². The summed E-state index contributed by atoms with van der Waals surface area (Å²) in [7, 11) is 0. The minimum atomic E-state index is -0.240. The van der Waals surface area contributed by atoms with Crippen LogP contribution in [-0.4, -0.2) is 22.2 Å². The first-order chi connectivity index (χ1) is 9.74. The molecule has 1 aromatic carbocycles. The van der Waals surface area contributed by atoms with Crippen LogP contribution in [-0.2, 0) is 6.54 Å². The Morgan fingerprint density at radius 2 is 2.05 bits per heavy atom. The van der Waals surface area contributed by atoms with E-state index in [0.717, 1.165) is 35.7 Å². The van der Waals surface area contributed by atoms with Crippen LogP contribution in [0.4, 0.5) is 0 Å². The van der Waals surface area contributed by atoms with E-state index in [-0.39, 0.29) is 12.1 Å². The van der Waals surface area contributed by atoms with E-state index in [0.29, 0.717) is 11.7 Å². The van der Waals surface area contributed by atoms with E-state index in [1.165, 1.54) is 6.42 Å². The molecule has 0 amide bonds. The Hall–Kier alpha value is -1.16. The van der Waals surface area contributed by atoms with Gasteiger partial charge in [0.1, 0.15) is 5.15 Å². The Morgan fingerprint density at radius 3 is 2.90 bits per heavy atom. The zero-order chi connectivity index (χ0) is 13.9. The van der Waals surface area contributed by atoms with Crippen molar-refractivity contribution in [2.75, 3.05) is 0 Å². The van der Waals surface area contributed by atoms with Gasteiger partial charge in [0.05, 0.1) is 11.6 Å². The first-order valence-electron chi connectivity index (χ1n) is 7.19. The van der Waals surface area contributed by atoms with Gasteiger partial charge in [0, 0.05) is 23.5 Å². The van der Waals surface area contributed by atoms with E-state index >= 15 is 0 Å². The summed E-state index contributed by atoms with van der Waals surface area (Å²) in [6, 6.07) is 10.2. The highest BCUT2D eigenvalue weighted by atomic mass is 35.5. The summed E-state index contributed by atoms with van der Waals surface area (Å²) in [5.41, 5.74) is 1.90. The maximum atomic E-state index is 9.98. The maximum Gasteiger partial charge on any atom is 0.134 e. The summed E-state index contributed by atoms with van der Waals surface area (Å²) in [5.74, 6) is 0. The standard InChI is InChI=1S/C16H19ClN2O/c17-16-12(9-11-5-1-2-6-13(11)19-16)10-18-14-7-3-4-8-15(14)20/h1-2,5-6,9,14-15,18,20H,3-4,7-8,10H2/t14-,15+/m1/s1. The number of halogens is 1. The largest absolute Gasteiger partial charge is 0.392 e. The highest BCUT2D eigenvalue weighted by molar-refractivity contribution is 6.30. The maximum absolute atomic E-state index is 9.98. The van der Waals surface area contributed by atoms with Gasteiger partial charge >= 0.3 is 0 Å². The van der Waals surface area contributed by atoms with Crippen LogP contribution in [0.3, 0.4) is 0 Å². The Bertz CT molecular complexity index is 602. The molecule has 0 unspecified atom stereocenters. The molecule has 1 aliphatic rings. The third-order valence-corrected chi connectivity index (χ3v) is 4.36. The van der Waals surface area contributed by atoms with E-state index in [1.54, 1.807) is 0 Å². The molecule has 1 saturated carbocycles. The van der Waals surface area contributed by atoms with Gasteiger partial charge in [0.25, 0.3) is 0 Å². The quantitative estimate of drug-likeness (QED) is 0.853. The Kier molecular flexibility index (Phi) is 4.20. The van der Waals surface area contributed by atoms with Crippen LogP contribution in [0.1, 0.15) is 31.2 Å². The van der Waals surface area contributed by atoms with Crippen molar-refractivity contribution in [3.05, 3.63) is 41.0 Å². The molecule has 0 saturated heterocycles. The number of benzene rings is 1. The van der Waals surface area contributed by atoms with Crippen molar-refractivity contribution in [3.8, 4) is 0 Å². The number of hydrogen-bond acceptors (Lipinski definition) is 3. The summed E-state index contributed by atoms with van der Waals surface area (Å²) in [4.78, 5) is 4.42. The van der Waals surface area contributed by atoms with Crippen molar-refractivity contribution in [2.45, 2.75) is 44.4 Å². The number of aliphatic hydroxyl groups excluding tert-OH is 1. The molecule has 0 spiro atoms. The normalized spacial score (nSPS) is 23.1. The Morgan fingerprint density at radius 1 is 1.25 bits per heavy atom. The van der Waals surface area contributed by atoms with E-state index in [2.05, 4.69) is 16.4 Å². The van der Waals surface area contributed by atoms with Crippen molar-refractivity contribution in [3.63, 3.8) is 0 Å². The van der Waals surface area contributed by atoms with Gasteiger partial charge in [0.2, 0.25) is 0 Å². The molecule has 2 atom stereocenters. The topological polar surface area (TPSA) is 45.1 Å². The fraction of sp³-hybridized carbons (Fsp3) is 0.438. The average molecular weight is 291 g/mol. The van der Waals surface area contributed by atoms with Crippen molar-refractivity contribution < 1.29 is 5.11 Å². The number of nitrogens with one attached hydrogen (secondary N) is 1. The van der Waals surface area contributed by atoms with Gasteiger partial charge in [0.15, 0.2) is 0 Å². The van der Waals surface area contributed by atoms with Crippen LogP contribution in [0.15, 0.2) is 30.3 Å². The zero-order valence-electron chi connectivity index (χ0n) is 11.3. The van der Waals surface area contributed by atoms with Gasteiger partial charge in [-0.15, -0.1) is 0 Å². The number of rotatable bonds is 3. The van der Waals surface area contributed by atoms with Gasteiger partial charge < -0.3 is 10.4 Å². The summed E-state index contributed by atoms with van der Waals surface area (Å²) < 4.78 is 0. The minimum Gasteiger partial charge on any atom is -0.392 e. The predicted molar refractivity (Wildman–Crippen MR) is 81.9 cm³/mol. The lowest BCUT2D eigenvalue weighted by molar-refractivity contribution is 0.0902. The monoisotopic (exact) mass is 290 g/mol. The number of nitrogens with zero attached hydrogens (tertiary/aromatic N) is 1.